The lowest BCUT2D eigenvalue weighted by Gasteiger charge is -2.15. The van der Waals surface area contributed by atoms with Gasteiger partial charge in [0.2, 0.25) is 0 Å². The second kappa shape index (κ2) is 6.16. The summed E-state index contributed by atoms with van der Waals surface area (Å²) in [5.41, 5.74) is 2.07. The molecule has 2 aromatic rings. The molecule has 2 rings (SSSR count). The predicted octanol–water partition coefficient (Wildman–Crippen LogP) is 2.10. The summed E-state index contributed by atoms with van der Waals surface area (Å²) in [7, 11) is 0. The molecule has 0 bridgehead atoms. The Kier molecular flexibility index (Phi) is 4.30. The first kappa shape index (κ1) is 12.6. The van der Waals surface area contributed by atoms with Gasteiger partial charge < -0.3 is 10.1 Å². The van der Waals surface area contributed by atoms with Gasteiger partial charge in [0.15, 0.2) is 0 Å². The van der Waals surface area contributed by atoms with Crippen LogP contribution in [-0.4, -0.2) is 34.2 Å². The van der Waals surface area contributed by atoms with Crippen molar-refractivity contribution in [3.8, 4) is 5.69 Å². The number of nitrogens with one attached hydrogen (secondary N) is 1. The van der Waals surface area contributed by atoms with E-state index in [1.165, 1.54) is 0 Å². The maximum atomic E-state index is 5.37. The Hall–Kier alpha value is -1.88. The molecule has 1 unspecified atom stereocenters. The van der Waals surface area contributed by atoms with Gasteiger partial charge in [0.05, 0.1) is 24.7 Å². The molecule has 1 aromatic carbocycles. The number of anilines is 1. The summed E-state index contributed by atoms with van der Waals surface area (Å²) in [6.45, 7) is 5.55. The van der Waals surface area contributed by atoms with E-state index in [1.54, 1.807) is 10.9 Å². The van der Waals surface area contributed by atoms with Crippen molar-refractivity contribution in [2.75, 3.05) is 18.5 Å². The van der Waals surface area contributed by atoms with Gasteiger partial charge in [0.25, 0.3) is 0 Å². The van der Waals surface area contributed by atoms with Crippen LogP contribution in [-0.2, 0) is 4.74 Å². The third-order valence-corrected chi connectivity index (χ3v) is 2.54. The second-order valence-corrected chi connectivity index (χ2v) is 4.10. The van der Waals surface area contributed by atoms with Gasteiger partial charge >= 0.3 is 0 Å². The summed E-state index contributed by atoms with van der Waals surface area (Å²) in [5.74, 6) is 0. The minimum absolute atomic E-state index is 0.294. The van der Waals surface area contributed by atoms with Crippen molar-refractivity contribution in [1.82, 2.24) is 15.0 Å². The second-order valence-electron chi connectivity index (χ2n) is 4.10. The van der Waals surface area contributed by atoms with E-state index in [0.717, 1.165) is 18.0 Å². The largest absolute Gasteiger partial charge is 0.380 e. The van der Waals surface area contributed by atoms with Gasteiger partial charge in [-0.1, -0.05) is 5.21 Å². The Morgan fingerprint density at radius 3 is 2.72 bits per heavy atom. The number of nitrogens with zero attached hydrogens (tertiary/aromatic N) is 3. The fourth-order valence-electron chi connectivity index (χ4n) is 1.68. The zero-order valence-corrected chi connectivity index (χ0v) is 10.7. The first-order valence-corrected chi connectivity index (χ1v) is 6.10. The lowest BCUT2D eigenvalue weighted by molar-refractivity contribution is 0.141. The van der Waals surface area contributed by atoms with E-state index in [9.17, 15) is 0 Å². The zero-order chi connectivity index (χ0) is 12.8. The SMILES string of the molecule is CCOCC(C)Nc1ccc(-n2ccnn2)cc1. The molecule has 0 radical (unpaired) electrons. The van der Waals surface area contributed by atoms with Gasteiger partial charge in [-0.25, -0.2) is 4.68 Å². The number of rotatable bonds is 6. The Morgan fingerprint density at radius 2 is 2.11 bits per heavy atom. The Bertz CT molecular complexity index is 452. The van der Waals surface area contributed by atoms with Crippen LogP contribution >= 0.6 is 0 Å². The first-order valence-electron chi connectivity index (χ1n) is 6.10. The summed E-state index contributed by atoms with van der Waals surface area (Å²) < 4.78 is 7.09. The third kappa shape index (κ3) is 3.30. The van der Waals surface area contributed by atoms with E-state index in [0.29, 0.717) is 12.6 Å². The van der Waals surface area contributed by atoms with Crippen LogP contribution in [0.5, 0.6) is 0 Å². The topological polar surface area (TPSA) is 52.0 Å². The fourth-order valence-corrected chi connectivity index (χ4v) is 1.68. The quantitative estimate of drug-likeness (QED) is 0.848. The van der Waals surface area contributed by atoms with Gasteiger partial charge in [0, 0.05) is 18.3 Å². The number of hydrogen-bond donors (Lipinski definition) is 1. The minimum atomic E-state index is 0.294. The standard InChI is InChI=1S/C13H18N4O/c1-3-18-10-11(2)15-12-4-6-13(7-5-12)17-9-8-14-16-17/h4-9,11,15H,3,10H2,1-2H3. The van der Waals surface area contributed by atoms with E-state index >= 15 is 0 Å². The minimum Gasteiger partial charge on any atom is -0.380 e. The van der Waals surface area contributed by atoms with Gasteiger partial charge in [-0.3, -0.25) is 0 Å². The lowest BCUT2D eigenvalue weighted by Crippen LogP contribution is -2.21. The molecule has 0 amide bonds. The molecule has 0 aliphatic rings. The van der Waals surface area contributed by atoms with Crippen LogP contribution in [0.3, 0.4) is 0 Å². The lowest BCUT2D eigenvalue weighted by atomic mass is 10.2. The van der Waals surface area contributed by atoms with Gasteiger partial charge in [-0.2, -0.15) is 0 Å². The first-order chi connectivity index (χ1) is 8.79. The number of ether oxygens (including phenoxy) is 1. The van der Waals surface area contributed by atoms with Crippen molar-refractivity contribution in [1.29, 1.82) is 0 Å². The number of hydrogen-bond acceptors (Lipinski definition) is 4. The molecular weight excluding hydrogens is 228 g/mol. The molecule has 18 heavy (non-hydrogen) atoms. The average Bonchev–Trinajstić information content (AvgIpc) is 2.91. The van der Waals surface area contributed by atoms with Crippen molar-refractivity contribution >= 4 is 5.69 Å². The fraction of sp³-hybridized carbons (Fsp3) is 0.385. The van der Waals surface area contributed by atoms with Crippen LogP contribution in [0.25, 0.3) is 5.69 Å². The van der Waals surface area contributed by atoms with Crippen molar-refractivity contribution < 1.29 is 4.74 Å². The van der Waals surface area contributed by atoms with Crippen LogP contribution in [0.1, 0.15) is 13.8 Å². The monoisotopic (exact) mass is 246 g/mol. The van der Waals surface area contributed by atoms with Gasteiger partial charge in [-0.15, -0.1) is 5.10 Å². The normalized spacial score (nSPS) is 12.3. The molecule has 5 nitrogen and oxygen atoms in total. The molecule has 0 aliphatic heterocycles. The van der Waals surface area contributed by atoms with Crippen LogP contribution < -0.4 is 5.32 Å². The van der Waals surface area contributed by atoms with Crippen LogP contribution in [0.4, 0.5) is 5.69 Å². The van der Waals surface area contributed by atoms with Gasteiger partial charge in [-0.05, 0) is 38.1 Å². The molecule has 0 saturated carbocycles. The Balaban J connectivity index is 1.95. The summed E-state index contributed by atoms with van der Waals surface area (Å²) in [5, 5.41) is 11.1. The number of aromatic nitrogens is 3. The highest BCUT2D eigenvalue weighted by atomic mass is 16.5. The molecule has 0 aliphatic carbocycles. The predicted molar refractivity (Wildman–Crippen MR) is 70.9 cm³/mol. The van der Waals surface area contributed by atoms with E-state index in [1.807, 2.05) is 37.4 Å². The van der Waals surface area contributed by atoms with E-state index < -0.39 is 0 Å². The zero-order valence-electron chi connectivity index (χ0n) is 10.7. The van der Waals surface area contributed by atoms with E-state index in [4.69, 9.17) is 4.74 Å². The number of benzene rings is 1. The van der Waals surface area contributed by atoms with Crippen molar-refractivity contribution in [2.45, 2.75) is 19.9 Å². The van der Waals surface area contributed by atoms with Crippen LogP contribution in [0.15, 0.2) is 36.7 Å². The molecule has 1 aromatic heterocycles. The van der Waals surface area contributed by atoms with Crippen molar-refractivity contribution in [2.24, 2.45) is 0 Å². The highest BCUT2D eigenvalue weighted by Gasteiger charge is 2.02. The Morgan fingerprint density at radius 1 is 1.33 bits per heavy atom. The molecule has 0 spiro atoms. The van der Waals surface area contributed by atoms with Crippen LogP contribution in [0.2, 0.25) is 0 Å². The molecular formula is C13H18N4O. The molecule has 1 heterocycles. The van der Waals surface area contributed by atoms with Crippen molar-refractivity contribution in [3.63, 3.8) is 0 Å². The third-order valence-electron chi connectivity index (χ3n) is 2.54. The summed E-state index contributed by atoms with van der Waals surface area (Å²) in [6, 6.07) is 8.36. The maximum Gasteiger partial charge on any atom is 0.0697 e. The summed E-state index contributed by atoms with van der Waals surface area (Å²) in [4.78, 5) is 0. The molecule has 0 saturated heterocycles. The molecule has 96 valence electrons. The molecule has 5 heteroatoms. The van der Waals surface area contributed by atoms with E-state index in [-0.39, 0.29) is 0 Å². The Labute approximate surface area is 107 Å². The highest BCUT2D eigenvalue weighted by molar-refractivity contribution is 5.48. The van der Waals surface area contributed by atoms with Gasteiger partial charge in [0.1, 0.15) is 0 Å². The summed E-state index contributed by atoms with van der Waals surface area (Å²) in [6.07, 6.45) is 3.48. The molecule has 0 fully saturated rings. The highest BCUT2D eigenvalue weighted by Crippen LogP contribution is 2.13. The summed E-state index contributed by atoms with van der Waals surface area (Å²) >= 11 is 0. The van der Waals surface area contributed by atoms with Crippen LogP contribution in [0, 0.1) is 0 Å². The average molecular weight is 246 g/mol. The smallest absolute Gasteiger partial charge is 0.0697 e. The maximum absolute atomic E-state index is 5.37. The van der Waals surface area contributed by atoms with Crippen molar-refractivity contribution in [3.05, 3.63) is 36.7 Å². The molecule has 1 atom stereocenters. The van der Waals surface area contributed by atoms with E-state index in [2.05, 4.69) is 22.6 Å². The molecule has 1 N–H and O–H groups in total.